The molecule has 0 saturated carbocycles. The lowest BCUT2D eigenvalue weighted by molar-refractivity contribution is 0.403. The molecule has 2 aromatic rings. The normalized spacial score (nSPS) is 15.3. The molecule has 3 nitrogen and oxygen atoms in total. The van der Waals surface area contributed by atoms with Gasteiger partial charge in [0.15, 0.2) is 0 Å². The van der Waals surface area contributed by atoms with Gasteiger partial charge >= 0.3 is 8.53 Å². The highest BCUT2D eigenvalue weighted by molar-refractivity contribution is 7.99. The minimum Gasteiger partial charge on any atom is -0.426 e. The van der Waals surface area contributed by atoms with Crippen molar-refractivity contribution in [3.05, 3.63) is 46.5 Å². The van der Waals surface area contributed by atoms with Gasteiger partial charge in [0.25, 0.3) is 0 Å². The Labute approximate surface area is 194 Å². The van der Waals surface area contributed by atoms with Crippen molar-refractivity contribution in [2.24, 2.45) is 0 Å². The minimum absolute atomic E-state index is 0.0371. The Morgan fingerprint density at radius 2 is 1.06 bits per heavy atom. The molecule has 2 aromatic carbocycles. The molecule has 1 heterocycles. The van der Waals surface area contributed by atoms with Crippen molar-refractivity contribution in [1.29, 1.82) is 0 Å². The number of hydrogen-bond acceptors (Lipinski definition) is 4. The van der Waals surface area contributed by atoms with E-state index in [9.17, 15) is 0 Å². The molecule has 1 N–H and O–H groups in total. The highest BCUT2D eigenvalue weighted by Gasteiger charge is 2.34. The molecule has 0 aliphatic carbocycles. The third-order valence-electron chi connectivity index (χ3n) is 5.01. The molecule has 3 rings (SSSR count). The van der Waals surface area contributed by atoms with Crippen LogP contribution in [0.3, 0.4) is 0 Å². The van der Waals surface area contributed by atoms with Gasteiger partial charge in [-0.3, -0.25) is 0 Å². The fraction of sp³-hybridized carbons (Fsp3) is 0.538. The molecule has 0 saturated heterocycles. The van der Waals surface area contributed by atoms with E-state index in [-0.39, 0.29) is 16.4 Å². The maximum atomic E-state index is 6.69. The Kier molecular flexibility index (Phi) is 6.53. The van der Waals surface area contributed by atoms with Crippen molar-refractivity contribution in [1.82, 2.24) is 5.09 Å². The third-order valence-corrected chi connectivity index (χ3v) is 7.61. The van der Waals surface area contributed by atoms with Crippen molar-refractivity contribution in [2.75, 3.05) is 0 Å². The van der Waals surface area contributed by atoms with Crippen LogP contribution in [0.4, 0.5) is 0 Å². The summed E-state index contributed by atoms with van der Waals surface area (Å²) in [4.78, 5) is 2.31. The van der Waals surface area contributed by atoms with Crippen LogP contribution in [0.25, 0.3) is 0 Å². The van der Waals surface area contributed by atoms with Crippen LogP contribution in [0, 0.1) is 13.8 Å². The molecule has 0 spiro atoms. The van der Waals surface area contributed by atoms with Crippen LogP contribution in [0.1, 0.15) is 84.6 Å². The van der Waals surface area contributed by atoms with Crippen LogP contribution >= 0.6 is 20.3 Å². The van der Waals surface area contributed by atoms with E-state index in [2.05, 4.69) is 106 Å². The molecular weight excluding hydrogens is 421 g/mol. The van der Waals surface area contributed by atoms with Crippen LogP contribution in [0.5, 0.6) is 11.5 Å². The van der Waals surface area contributed by atoms with Crippen molar-refractivity contribution in [3.63, 3.8) is 0 Å². The number of rotatable bonds is 1. The van der Waals surface area contributed by atoms with Crippen LogP contribution in [-0.2, 0) is 10.8 Å². The van der Waals surface area contributed by atoms with E-state index in [0.29, 0.717) is 0 Å². The molecule has 0 amide bonds. The summed E-state index contributed by atoms with van der Waals surface area (Å²) in [5.41, 5.74) is 4.72. The monoisotopic (exact) mass is 459 g/mol. The number of hydrogen-bond donors (Lipinski definition) is 1. The Bertz CT molecular complexity index is 909. The molecule has 0 aromatic heterocycles. The summed E-state index contributed by atoms with van der Waals surface area (Å²) in [7, 11) is -1.39. The first kappa shape index (κ1) is 24.4. The Morgan fingerprint density at radius 3 is 1.39 bits per heavy atom. The van der Waals surface area contributed by atoms with Crippen LogP contribution in [0.2, 0.25) is 0 Å². The summed E-state index contributed by atoms with van der Waals surface area (Å²) in [6.07, 6.45) is 0. The van der Waals surface area contributed by atoms with Gasteiger partial charge in [0.2, 0.25) is 0 Å². The summed E-state index contributed by atoms with van der Waals surface area (Å²) in [6, 6.07) is 8.99. The second-order valence-electron chi connectivity index (χ2n) is 11.7. The average Bonchev–Trinajstić information content (AvgIpc) is 2.54. The first-order valence-electron chi connectivity index (χ1n) is 11.0. The zero-order valence-corrected chi connectivity index (χ0v) is 22.7. The van der Waals surface area contributed by atoms with Gasteiger partial charge < -0.3 is 9.05 Å². The molecule has 5 heteroatoms. The average molecular weight is 460 g/mol. The summed E-state index contributed by atoms with van der Waals surface area (Å²) >= 11 is 1.76. The molecule has 31 heavy (non-hydrogen) atoms. The van der Waals surface area contributed by atoms with Gasteiger partial charge in [-0.25, -0.2) is 5.09 Å². The maximum Gasteiger partial charge on any atom is 0.382 e. The summed E-state index contributed by atoms with van der Waals surface area (Å²) < 4.78 is 13.4. The smallest absolute Gasteiger partial charge is 0.382 e. The first-order valence-corrected chi connectivity index (χ1v) is 13.0. The molecule has 0 fully saturated rings. The van der Waals surface area contributed by atoms with E-state index in [4.69, 9.17) is 9.05 Å². The lowest BCUT2D eigenvalue weighted by Crippen LogP contribution is -2.34. The molecule has 1 aliphatic rings. The summed E-state index contributed by atoms with van der Waals surface area (Å²) in [5, 5.41) is 3.61. The van der Waals surface area contributed by atoms with E-state index in [1.165, 1.54) is 22.3 Å². The van der Waals surface area contributed by atoms with Gasteiger partial charge in [0.05, 0.1) is 9.79 Å². The predicted molar refractivity (Wildman–Crippen MR) is 135 cm³/mol. The minimum atomic E-state index is -1.39. The van der Waals surface area contributed by atoms with Crippen LogP contribution in [0.15, 0.2) is 34.1 Å². The van der Waals surface area contributed by atoms with Crippen molar-refractivity contribution < 1.29 is 9.05 Å². The fourth-order valence-electron chi connectivity index (χ4n) is 3.56. The van der Waals surface area contributed by atoms with Gasteiger partial charge in [0, 0.05) is 16.7 Å². The van der Waals surface area contributed by atoms with E-state index in [0.717, 1.165) is 21.3 Å². The number of aryl methyl sites for hydroxylation is 2. The molecule has 170 valence electrons. The molecule has 0 atom stereocenters. The molecule has 1 aliphatic heterocycles. The molecular formula is C26H38NO2PS. The van der Waals surface area contributed by atoms with Crippen molar-refractivity contribution >= 4 is 20.3 Å². The Balaban J connectivity index is 2.29. The maximum absolute atomic E-state index is 6.69. The van der Waals surface area contributed by atoms with E-state index in [1.807, 2.05) is 0 Å². The highest BCUT2D eigenvalue weighted by Crippen LogP contribution is 2.55. The molecule has 0 unspecified atom stereocenters. The first-order chi connectivity index (χ1) is 14.0. The largest absolute Gasteiger partial charge is 0.426 e. The van der Waals surface area contributed by atoms with Gasteiger partial charge in [-0.1, -0.05) is 65.4 Å². The van der Waals surface area contributed by atoms with Gasteiger partial charge in [0.1, 0.15) is 11.5 Å². The summed E-state index contributed by atoms with van der Waals surface area (Å²) in [5.74, 6) is 1.88. The lowest BCUT2D eigenvalue weighted by Gasteiger charge is -2.34. The zero-order chi connectivity index (χ0) is 23.4. The lowest BCUT2D eigenvalue weighted by atomic mass is 9.85. The van der Waals surface area contributed by atoms with E-state index >= 15 is 0 Å². The number of benzene rings is 2. The molecule has 0 radical (unpaired) electrons. The standard InChI is InChI=1S/C26H38NO2PS/c1-16-12-18(24(3,4)5)22-20(14-16)31-21-15-17(2)13-19(25(6,7)8)23(21)29-30(28-22)27-26(9,10)11/h12-15,27H,1-11H3. The van der Waals surface area contributed by atoms with Crippen LogP contribution < -0.4 is 14.1 Å². The molecule has 0 bridgehead atoms. The number of fused-ring (bicyclic) bond motifs is 2. The zero-order valence-electron chi connectivity index (χ0n) is 21.0. The van der Waals surface area contributed by atoms with Crippen molar-refractivity contribution in [3.8, 4) is 11.5 Å². The van der Waals surface area contributed by atoms with E-state index in [1.54, 1.807) is 11.8 Å². The second-order valence-corrected chi connectivity index (χ2v) is 13.9. The topological polar surface area (TPSA) is 30.5 Å². The summed E-state index contributed by atoms with van der Waals surface area (Å²) in [6.45, 7) is 24.2. The number of nitrogens with one attached hydrogen (secondary N) is 1. The fourth-order valence-corrected chi connectivity index (χ4v) is 6.30. The van der Waals surface area contributed by atoms with Gasteiger partial charge in [-0.05, 0) is 68.7 Å². The van der Waals surface area contributed by atoms with Crippen LogP contribution in [-0.4, -0.2) is 5.54 Å². The van der Waals surface area contributed by atoms with Gasteiger partial charge in [-0.2, -0.15) is 0 Å². The van der Waals surface area contributed by atoms with E-state index < -0.39 is 8.53 Å². The SMILES string of the molecule is Cc1cc2c(c(C(C)(C)C)c1)OP(NC(C)(C)C)Oc1c(cc(C)cc1C(C)(C)C)S2. The predicted octanol–water partition coefficient (Wildman–Crippen LogP) is 8.44. The van der Waals surface area contributed by atoms with Gasteiger partial charge in [-0.15, -0.1) is 0 Å². The van der Waals surface area contributed by atoms with Crippen molar-refractivity contribution in [2.45, 2.75) is 102 Å². The third kappa shape index (κ3) is 5.78. The Morgan fingerprint density at radius 1 is 0.677 bits per heavy atom. The Hall–Kier alpha value is -1.22. The second kappa shape index (κ2) is 8.28. The highest BCUT2D eigenvalue weighted by atomic mass is 32.2. The quantitative estimate of drug-likeness (QED) is 0.433.